The van der Waals surface area contributed by atoms with Crippen LogP contribution in [-0.2, 0) is 0 Å². The number of pyridine rings is 1. The van der Waals surface area contributed by atoms with E-state index in [0.29, 0.717) is 23.6 Å². The Balaban J connectivity index is 2.11. The summed E-state index contributed by atoms with van der Waals surface area (Å²) in [5.74, 6) is 1.34. The summed E-state index contributed by atoms with van der Waals surface area (Å²) in [5, 5.41) is 3.64. The van der Waals surface area contributed by atoms with Gasteiger partial charge in [0.05, 0.1) is 0 Å². The number of hydrogen-bond donors (Lipinski definition) is 1. The van der Waals surface area contributed by atoms with Crippen LogP contribution >= 0.6 is 0 Å². The number of anilines is 1. The third-order valence-electron chi connectivity index (χ3n) is 4.41. The zero-order valence-electron chi connectivity index (χ0n) is 13.6. The second-order valence-corrected chi connectivity index (χ2v) is 6.57. The van der Waals surface area contributed by atoms with Gasteiger partial charge in [0.15, 0.2) is 0 Å². The van der Waals surface area contributed by atoms with Crippen LogP contribution in [0.4, 0.5) is 5.69 Å². The zero-order valence-corrected chi connectivity index (χ0v) is 13.6. The SMILES string of the molecule is CC(C)C1CCCCC1Nc1ccnc(C(=O)N(C)C)c1. The standard InChI is InChI=1S/C17H27N3O/c1-12(2)14-7-5-6-8-15(14)19-13-9-10-18-16(11-13)17(21)20(3)4/h9-12,14-15H,5-8H2,1-4H3,(H,18,19). The maximum Gasteiger partial charge on any atom is 0.272 e. The number of carbonyl (C=O) groups excluding carboxylic acids is 1. The van der Waals surface area contributed by atoms with Crippen LogP contribution in [0.15, 0.2) is 18.3 Å². The van der Waals surface area contributed by atoms with Gasteiger partial charge in [-0.1, -0.05) is 26.7 Å². The third-order valence-corrected chi connectivity index (χ3v) is 4.41. The van der Waals surface area contributed by atoms with Crippen LogP contribution in [0, 0.1) is 11.8 Å². The van der Waals surface area contributed by atoms with Crippen molar-refractivity contribution in [3.8, 4) is 0 Å². The summed E-state index contributed by atoms with van der Waals surface area (Å²) in [4.78, 5) is 17.7. The molecule has 2 atom stereocenters. The molecule has 0 aromatic carbocycles. The van der Waals surface area contributed by atoms with Gasteiger partial charge >= 0.3 is 0 Å². The minimum absolute atomic E-state index is 0.0531. The lowest BCUT2D eigenvalue weighted by atomic mass is 9.78. The molecule has 1 aromatic rings. The molecule has 0 saturated heterocycles. The molecule has 1 aliphatic rings. The number of carbonyl (C=O) groups is 1. The molecule has 116 valence electrons. The quantitative estimate of drug-likeness (QED) is 0.924. The van der Waals surface area contributed by atoms with Crippen LogP contribution < -0.4 is 5.32 Å². The van der Waals surface area contributed by atoms with Crippen LogP contribution in [0.2, 0.25) is 0 Å². The zero-order chi connectivity index (χ0) is 15.4. The summed E-state index contributed by atoms with van der Waals surface area (Å²) in [5.41, 5.74) is 1.51. The summed E-state index contributed by atoms with van der Waals surface area (Å²) >= 11 is 0. The van der Waals surface area contributed by atoms with Gasteiger partial charge in [-0.15, -0.1) is 0 Å². The molecule has 0 aliphatic heterocycles. The molecule has 1 amide bonds. The second-order valence-electron chi connectivity index (χ2n) is 6.57. The maximum absolute atomic E-state index is 12.0. The Morgan fingerprint density at radius 3 is 2.71 bits per heavy atom. The molecule has 1 fully saturated rings. The summed E-state index contributed by atoms with van der Waals surface area (Å²) in [6.07, 6.45) is 6.84. The lowest BCUT2D eigenvalue weighted by Gasteiger charge is -2.35. The average Bonchev–Trinajstić information content (AvgIpc) is 2.47. The summed E-state index contributed by atoms with van der Waals surface area (Å²) < 4.78 is 0. The summed E-state index contributed by atoms with van der Waals surface area (Å²) in [7, 11) is 3.50. The highest BCUT2D eigenvalue weighted by molar-refractivity contribution is 5.92. The molecule has 1 aromatic heterocycles. The van der Waals surface area contributed by atoms with Gasteiger partial charge in [0, 0.05) is 32.0 Å². The first kappa shape index (κ1) is 15.8. The maximum atomic E-state index is 12.0. The molecule has 4 nitrogen and oxygen atoms in total. The van der Waals surface area contributed by atoms with Gasteiger partial charge in [-0.05, 0) is 36.8 Å². The van der Waals surface area contributed by atoms with Crippen molar-refractivity contribution >= 4 is 11.6 Å². The number of nitrogens with one attached hydrogen (secondary N) is 1. The third kappa shape index (κ3) is 3.96. The first-order chi connectivity index (χ1) is 9.99. The van der Waals surface area contributed by atoms with E-state index in [4.69, 9.17) is 0 Å². The van der Waals surface area contributed by atoms with E-state index in [1.807, 2.05) is 12.1 Å². The van der Waals surface area contributed by atoms with Crippen molar-refractivity contribution in [1.29, 1.82) is 0 Å². The van der Waals surface area contributed by atoms with E-state index in [1.54, 1.807) is 25.2 Å². The molecule has 1 heterocycles. The number of aromatic nitrogens is 1. The van der Waals surface area contributed by atoms with Gasteiger partial charge in [0.25, 0.3) is 5.91 Å². The molecule has 2 unspecified atom stereocenters. The van der Waals surface area contributed by atoms with Gasteiger partial charge < -0.3 is 10.2 Å². The van der Waals surface area contributed by atoms with Gasteiger partial charge in [-0.2, -0.15) is 0 Å². The second kappa shape index (κ2) is 6.92. The molecule has 0 radical (unpaired) electrons. The molecule has 1 N–H and O–H groups in total. The van der Waals surface area contributed by atoms with Crippen LogP contribution in [0.1, 0.15) is 50.0 Å². The van der Waals surface area contributed by atoms with Gasteiger partial charge in [-0.3, -0.25) is 9.78 Å². The normalized spacial score (nSPS) is 22.1. The van der Waals surface area contributed by atoms with E-state index in [9.17, 15) is 4.79 Å². The van der Waals surface area contributed by atoms with Crippen molar-refractivity contribution in [3.63, 3.8) is 0 Å². The fourth-order valence-corrected chi connectivity index (χ4v) is 3.22. The molecule has 1 saturated carbocycles. The molecule has 0 spiro atoms. The number of hydrogen-bond acceptors (Lipinski definition) is 3. The molecule has 1 aliphatic carbocycles. The van der Waals surface area contributed by atoms with Crippen molar-refractivity contribution in [2.45, 2.75) is 45.6 Å². The van der Waals surface area contributed by atoms with Crippen molar-refractivity contribution < 1.29 is 4.79 Å². The highest BCUT2D eigenvalue weighted by Gasteiger charge is 2.27. The van der Waals surface area contributed by atoms with Crippen molar-refractivity contribution in [2.75, 3.05) is 19.4 Å². The van der Waals surface area contributed by atoms with Crippen LogP contribution in [0.5, 0.6) is 0 Å². The predicted molar refractivity (Wildman–Crippen MR) is 86.5 cm³/mol. The number of rotatable bonds is 4. The Labute approximate surface area is 127 Å². The number of amides is 1. The van der Waals surface area contributed by atoms with Crippen LogP contribution in [0.3, 0.4) is 0 Å². The largest absolute Gasteiger partial charge is 0.382 e. The van der Waals surface area contributed by atoms with Crippen LogP contribution in [-0.4, -0.2) is 35.9 Å². The van der Waals surface area contributed by atoms with Crippen LogP contribution in [0.25, 0.3) is 0 Å². The summed E-state index contributed by atoms with van der Waals surface area (Å²) in [6, 6.07) is 4.33. The van der Waals surface area contributed by atoms with E-state index in [0.717, 1.165) is 5.69 Å². The Bertz CT molecular complexity index is 485. The van der Waals surface area contributed by atoms with E-state index >= 15 is 0 Å². The average molecular weight is 289 g/mol. The van der Waals surface area contributed by atoms with Crippen molar-refractivity contribution in [3.05, 3.63) is 24.0 Å². The Morgan fingerprint density at radius 1 is 1.33 bits per heavy atom. The first-order valence-corrected chi connectivity index (χ1v) is 7.93. The molecular weight excluding hydrogens is 262 g/mol. The van der Waals surface area contributed by atoms with Gasteiger partial charge in [0.2, 0.25) is 0 Å². The highest BCUT2D eigenvalue weighted by Crippen LogP contribution is 2.32. The molecular formula is C17H27N3O. The summed E-state index contributed by atoms with van der Waals surface area (Å²) in [6.45, 7) is 4.61. The van der Waals surface area contributed by atoms with Gasteiger partial charge in [0.1, 0.15) is 5.69 Å². The lowest BCUT2D eigenvalue weighted by molar-refractivity contribution is 0.0822. The Hall–Kier alpha value is -1.58. The van der Waals surface area contributed by atoms with Crippen molar-refractivity contribution in [1.82, 2.24) is 9.88 Å². The topological polar surface area (TPSA) is 45.2 Å². The Kier molecular flexibility index (Phi) is 5.21. The van der Waals surface area contributed by atoms with Crippen molar-refractivity contribution in [2.24, 2.45) is 11.8 Å². The van der Waals surface area contributed by atoms with E-state index in [-0.39, 0.29) is 5.91 Å². The predicted octanol–water partition coefficient (Wildman–Crippen LogP) is 3.41. The fraction of sp³-hybridized carbons (Fsp3) is 0.647. The van der Waals surface area contributed by atoms with E-state index in [1.165, 1.54) is 25.7 Å². The van der Waals surface area contributed by atoms with E-state index < -0.39 is 0 Å². The smallest absolute Gasteiger partial charge is 0.272 e. The minimum Gasteiger partial charge on any atom is -0.382 e. The monoisotopic (exact) mass is 289 g/mol. The minimum atomic E-state index is -0.0531. The Morgan fingerprint density at radius 2 is 2.05 bits per heavy atom. The van der Waals surface area contributed by atoms with E-state index in [2.05, 4.69) is 24.1 Å². The fourth-order valence-electron chi connectivity index (χ4n) is 3.22. The molecule has 0 bridgehead atoms. The lowest BCUT2D eigenvalue weighted by Crippen LogP contribution is -2.35. The molecule has 4 heteroatoms. The molecule has 21 heavy (non-hydrogen) atoms. The highest BCUT2D eigenvalue weighted by atomic mass is 16.2. The first-order valence-electron chi connectivity index (χ1n) is 7.93. The molecule has 2 rings (SSSR count). The number of nitrogens with zero attached hydrogens (tertiary/aromatic N) is 2. The van der Waals surface area contributed by atoms with Gasteiger partial charge in [-0.25, -0.2) is 0 Å².